The third-order valence-corrected chi connectivity index (χ3v) is 3.31. The molecule has 2 rings (SSSR count). The summed E-state index contributed by atoms with van der Waals surface area (Å²) in [5.41, 5.74) is 1.10. The van der Waals surface area contributed by atoms with E-state index in [1.165, 1.54) is 0 Å². The Morgan fingerprint density at radius 3 is 3.00 bits per heavy atom. The Morgan fingerprint density at radius 2 is 2.30 bits per heavy atom. The van der Waals surface area contributed by atoms with Gasteiger partial charge in [-0.05, 0) is 37.6 Å². The highest BCUT2D eigenvalue weighted by Gasteiger charge is 2.08. The minimum absolute atomic E-state index is 0.170. The van der Waals surface area contributed by atoms with Crippen LogP contribution >= 0.6 is 0 Å². The minimum atomic E-state index is 0.170. The summed E-state index contributed by atoms with van der Waals surface area (Å²) in [4.78, 5) is 4.02. The first-order valence-electron chi connectivity index (χ1n) is 6.76. The van der Waals surface area contributed by atoms with Crippen LogP contribution in [0.3, 0.4) is 0 Å². The fourth-order valence-corrected chi connectivity index (χ4v) is 2.08. The molecule has 0 fully saturated rings. The second kappa shape index (κ2) is 6.96. The number of rotatable bonds is 7. The number of hydrogen-bond donors (Lipinski definition) is 2. The van der Waals surface area contributed by atoms with Crippen molar-refractivity contribution in [3.63, 3.8) is 0 Å². The molecule has 20 heavy (non-hydrogen) atoms. The van der Waals surface area contributed by atoms with Crippen LogP contribution in [0.1, 0.15) is 24.9 Å². The highest BCUT2D eigenvalue weighted by Crippen LogP contribution is 2.28. The van der Waals surface area contributed by atoms with Crippen molar-refractivity contribution in [3.8, 4) is 11.5 Å². The average Bonchev–Trinajstić information content (AvgIpc) is 2.97. The second-order valence-corrected chi connectivity index (χ2v) is 4.76. The Labute approximate surface area is 119 Å². The summed E-state index contributed by atoms with van der Waals surface area (Å²) < 4.78 is 7.19. The molecule has 2 N–H and O–H groups in total. The summed E-state index contributed by atoms with van der Waals surface area (Å²) in [5, 5.41) is 13.0. The lowest BCUT2D eigenvalue weighted by molar-refractivity contribution is 0.372. The summed E-state index contributed by atoms with van der Waals surface area (Å²) in [7, 11) is 1.56. The quantitative estimate of drug-likeness (QED) is 0.761. The molecule has 0 saturated carbocycles. The van der Waals surface area contributed by atoms with E-state index in [2.05, 4.69) is 21.8 Å². The molecule has 0 radical (unpaired) electrons. The number of imidazole rings is 1. The molecule has 5 nitrogen and oxygen atoms in total. The third kappa shape index (κ3) is 3.74. The first-order valence-corrected chi connectivity index (χ1v) is 6.76. The average molecular weight is 275 g/mol. The van der Waals surface area contributed by atoms with Gasteiger partial charge < -0.3 is 19.7 Å². The Kier molecular flexibility index (Phi) is 5.01. The number of aryl methyl sites for hydroxylation is 1. The van der Waals surface area contributed by atoms with Crippen molar-refractivity contribution >= 4 is 0 Å². The number of ether oxygens (including phenoxy) is 1. The number of aromatic nitrogens is 2. The van der Waals surface area contributed by atoms with Gasteiger partial charge in [0.2, 0.25) is 0 Å². The summed E-state index contributed by atoms with van der Waals surface area (Å²) >= 11 is 0. The van der Waals surface area contributed by atoms with Gasteiger partial charge in [-0.3, -0.25) is 0 Å². The number of phenolic OH excluding ortho intramolecular Hbond substituents is 1. The molecule has 1 heterocycles. The van der Waals surface area contributed by atoms with E-state index in [0.29, 0.717) is 5.75 Å². The minimum Gasteiger partial charge on any atom is -0.504 e. The van der Waals surface area contributed by atoms with Crippen LogP contribution in [0.25, 0.3) is 0 Å². The molecule has 2 aromatic rings. The number of nitrogens with zero attached hydrogens (tertiary/aromatic N) is 2. The van der Waals surface area contributed by atoms with Crippen LogP contribution in [0.4, 0.5) is 0 Å². The molecule has 1 atom stereocenters. The Bertz CT molecular complexity index is 526. The van der Waals surface area contributed by atoms with Crippen molar-refractivity contribution < 1.29 is 9.84 Å². The molecule has 1 unspecified atom stereocenters. The van der Waals surface area contributed by atoms with Gasteiger partial charge in [-0.25, -0.2) is 4.98 Å². The van der Waals surface area contributed by atoms with E-state index in [4.69, 9.17) is 4.74 Å². The van der Waals surface area contributed by atoms with Crippen molar-refractivity contribution in [1.29, 1.82) is 0 Å². The van der Waals surface area contributed by atoms with Crippen LogP contribution in [-0.2, 0) is 6.54 Å². The highest BCUT2D eigenvalue weighted by molar-refractivity contribution is 5.42. The first kappa shape index (κ1) is 14.4. The van der Waals surface area contributed by atoms with Gasteiger partial charge in [0.1, 0.15) is 0 Å². The van der Waals surface area contributed by atoms with Crippen LogP contribution in [0, 0.1) is 0 Å². The lowest BCUT2D eigenvalue weighted by Crippen LogP contribution is -2.20. The van der Waals surface area contributed by atoms with E-state index in [1.807, 2.05) is 24.7 Å². The van der Waals surface area contributed by atoms with Crippen LogP contribution in [0.2, 0.25) is 0 Å². The molecule has 0 aliphatic carbocycles. The van der Waals surface area contributed by atoms with Crippen molar-refractivity contribution in [3.05, 3.63) is 42.5 Å². The number of methoxy groups -OCH3 is 1. The monoisotopic (exact) mass is 275 g/mol. The molecule has 0 spiro atoms. The van der Waals surface area contributed by atoms with Gasteiger partial charge >= 0.3 is 0 Å². The van der Waals surface area contributed by atoms with Crippen LogP contribution in [-0.4, -0.2) is 28.3 Å². The molecular formula is C15H21N3O2. The van der Waals surface area contributed by atoms with Crippen molar-refractivity contribution in [2.45, 2.75) is 25.9 Å². The summed E-state index contributed by atoms with van der Waals surface area (Å²) in [6, 6.07) is 5.65. The number of hydrogen-bond acceptors (Lipinski definition) is 4. The highest BCUT2D eigenvalue weighted by atomic mass is 16.5. The molecule has 1 aromatic carbocycles. The summed E-state index contributed by atoms with van der Waals surface area (Å²) in [6.07, 6.45) is 6.62. The molecule has 1 aromatic heterocycles. The first-order chi connectivity index (χ1) is 9.70. The fraction of sp³-hybridized carbons (Fsp3) is 0.400. The molecule has 108 valence electrons. The van der Waals surface area contributed by atoms with Gasteiger partial charge in [-0.1, -0.05) is 6.07 Å². The predicted octanol–water partition coefficient (Wildman–Crippen LogP) is 2.34. The zero-order valence-electron chi connectivity index (χ0n) is 11.9. The topological polar surface area (TPSA) is 59.3 Å². The second-order valence-electron chi connectivity index (χ2n) is 4.76. The Balaban J connectivity index is 1.80. The molecule has 5 heteroatoms. The van der Waals surface area contributed by atoms with E-state index >= 15 is 0 Å². The largest absolute Gasteiger partial charge is 0.504 e. The van der Waals surface area contributed by atoms with Gasteiger partial charge in [-0.2, -0.15) is 0 Å². The fourth-order valence-electron chi connectivity index (χ4n) is 2.08. The van der Waals surface area contributed by atoms with Gasteiger partial charge in [0.15, 0.2) is 11.5 Å². The molecule has 0 saturated heterocycles. The lowest BCUT2D eigenvalue weighted by atomic mass is 10.1. The zero-order valence-corrected chi connectivity index (χ0v) is 11.9. The maximum atomic E-state index is 9.58. The van der Waals surface area contributed by atoms with Crippen molar-refractivity contribution in [2.75, 3.05) is 13.7 Å². The lowest BCUT2D eigenvalue weighted by Gasteiger charge is -2.15. The van der Waals surface area contributed by atoms with Gasteiger partial charge in [-0.15, -0.1) is 0 Å². The summed E-state index contributed by atoms with van der Waals surface area (Å²) in [5.74, 6) is 0.679. The molecule has 0 bridgehead atoms. The van der Waals surface area contributed by atoms with E-state index < -0.39 is 0 Å². The summed E-state index contributed by atoms with van der Waals surface area (Å²) in [6.45, 7) is 3.98. The Hall–Kier alpha value is -2.01. The smallest absolute Gasteiger partial charge is 0.160 e. The normalized spacial score (nSPS) is 12.3. The van der Waals surface area contributed by atoms with E-state index in [1.54, 1.807) is 19.4 Å². The van der Waals surface area contributed by atoms with Gasteiger partial charge in [0, 0.05) is 25.0 Å². The van der Waals surface area contributed by atoms with Gasteiger partial charge in [0.25, 0.3) is 0 Å². The van der Waals surface area contributed by atoms with E-state index in [0.717, 1.165) is 25.1 Å². The van der Waals surface area contributed by atoms with Crippen molar-refractivity contribution in [1.82, 2.24) is 14.9 Å². The maximum absolute atomic E-state index is 9.58. The predicted molar refractivity (Wildman–Crippen MR) is 77.9 cm³/mol. The van der Waals surface area contributed by atoms with Crippen LogP contribution in [0.15, 0.2) is 36.9 Å². The van der Waals surface area contributed by atoms with E-state index in [9.17, 15) is 5.11 Å². The van der Waals surface area contributed by atoms with Crippen LogP contribution in [0.5, 0.6) is 11.5 Å². The number of nitrogens with one attached hydrogen (secondary N) is 1. The SMILES string of the molecule is COc1cc(C(C)NCCCn2ccnc2)ccc1O. The molecule has 0 aliphatic rings. The van der Waals surface area contributed by atoms with Crippen molar-refractivity contribution in [2.24, 2.45) is 0 Å². The molecule has 0 amide bonds. The number of phenols is 1. The zero-order chi connectivity index (χ0) is 14.4. The van der Waals surface area contributed by atoms with Crippen LogP contribution < -0.4 is 10.1 Å². The molecular weight excluding hydrogens is 254 g/mol. The maximum Gasteiger partial charge on any atom is 0.160 e. The standard InChI is InChI=1S/C15H21N3O2/c1-12(13-4-5-14(19)15(10-13)20-2)17-6-3-8-18-9-7-16-11-18/h4-5,7,9-12,17,19H,3,6,8H2,1-2H3. The molecule has 0 aliphatic heterocycles. The number of aromatic hydroxyl groups is 1. The number of benzene rings is 1. The van der Waals surface area contributed by atoms with Gasteiger partial charge in [0.05, 0.1) is 13.4 Å². The Morgan fingerprint density at radius 1 is 1.45 bits per heavy atom. The van der Waals surface area contributed by atoms with E-state index in [-0.39, 0.29) is 11.8 Å². The third-order valence-electron chi connectivity index (χ3n) is 3.31.